The van der Waals surface area contributed by atoms with Gasteiger partial charge in [0.2, 0.25) is 0 Å². The molecule has 149 heavy (non-hydrogen) atoms. The van der Waals surface area contributed by atoms with E-state index in [-0.39, 0.29) is 57.8 Å². The highest BCUT2D eigenvalue weighted by atomic mass is 33.5. The Kier molecular flexibility index (Phi) is 36.2. The monoisotopic (exact) mass is 2620 g/mol. The second-order valence-electron chi connectivity index (χ2n) is 34.2. The van der Waals surface area contributed by atoms with Crippen LogP contribution >= 0.6 is 70.4 Å². The second kappa shape index (κ2) is 47.4. The molecule has 23 nitrogen and oxygen atoms in total. The van der Waals surface area contributed by atoms with Crippen molar-refractivity contribution < 1.29 is 63.6 Å². The first-order valence-corrected chi connectivity index (χ1v) is 85.0. The maximum atomic E-state index is 14.8. The molecule has 0 unspecified atom stereocenters. The van der Waals surface area contributed by atoms with Gasteiger partial charge in [-0.1, -0.05) is 241 Å². The van der Waals surface area contributed by atoms with Crippen LogP contribution < -0.4 is 12.9 Å². The molecular formula is C92H81N9O14S34. The first kappa shape index (κ1) is 114. The van der Waals surface area contributed by atoms with Gasteiger partial charge in [0.15, 0.2) is 41.0 Å². The molecule has 0 N–H and O–H groups in total. The van der Waals surface area contributed by atoms with Crippen molar-refractivity contribution in [2.75, 3.05) is 34.1 Å². The van der Waals surface area contributed by atoms with Crippen molar-refractivity contribution in [3.63, 3.8) is 0 Å². The number of carbonyl (C=O) groups is 8. The summed E-state index contributed by atoms with van der Waals surface area (Å²) in [5.74, 6) is -2.36. The fourth-order valence-electron chi connectivity index (χ4n) is 21.9. The summed E-state index contributed by atoms with van der Waals surface area (Å²) in [5.41, 5.74) is 9.42. The SMILES string of the molecule is C.CC(=O)S[C@H]1C(=O)N2[C@H]3N(S(=O)(=O)c4ccccc4)c4ccccc4[C@@]3(C3=CCc4ccccc43)C[C@]2(SC(C)=O)C(=O)N1C.CN1C(=O)[C@@]2(S)C[C@]3(C4=CCc5ccccc54)c4ccccc4N(S(=O)(=O)c4ccccc4)[C@@H]3N2C(=O)[C@@H]1S.CN1C(=O)[C@@]23C[C@]4(C5=CCc6ccccc65)c5ccccc5N(S(=O)(=O)c5ccccc5)[C@@H]4N2C(=O)[C@@H]1SS3.S=S=S=S=S=S=S=S=S=S=S=S=S=S=S=S=S=S=S=S=S=S=S=S=S. The van der Waals surface area contributed by atoms with Crippen LogP contribution in [0.25, 0.3) is 16.7 Å². The quantitative estimate of drug-likeness (QED) is 0.0900. The predicted molar refractivity (Wildman–Crippen MR) is 671 cm³/mol. The number of amides is 6. The molecule has 3 aliphatic carbocycles. The van der Waals surface area contributed by atoms with E-state index in [9.17, 15) is 63.6 Å². The van der Waals surface area contributed by atoms with Gasteiger partial charge in [-0.15, -0.1) is 25.3 Å². The normalized spacial score (nSPS) is 24.9. The Morgan fingerprint density at radius 2 is 0.698 bits per heavy atom. The van der Waals surface area contributed by atoms with Gasteiger partial charge in [-0.05, 0) is 152 Å². The molecule has 57 heteroatoms. The van der Waals surface area contributed by atoms with E-state index in [0.29, 0.717) is 60.1 Å². The fourth-order valence-corrected chi connectivity index (χ4v) is 91.0. The molecule has 9 aromatic rings. The second-order valence-corrected chi connectivity index (χ2v) is 86.8. The van der Waals surface area contributed by atoms with E-state index in [1.807, 2.05) is 165 Å². The number of nitrogens with zero attached hydrogens (tertiary/aromatic N) is 9. The van der Waals surface area contributed by atoms with Gasteiger partial charge in [-0.2, -0.15) is 0 Å². The number of benzene rings is 9. The molecule has 14 aliphatic rings. The lowest BCUT2D eigenvalue weighted by molar-refractivity contribution is -0.158. The molecule has 12 atom stereocenters. The molecular weight excluding hydrogens is 2550 g/mol. The number of likely N-dealkylation sites (N-methyl/N-ethyl adjacent to an activating group) is 3. The van der Waals surface area contributed by atoms with Crippen LogP contribution in [0, 0.1) is 0 Å². The van der Waals surface area contributed by atoms with Gasteiger partial charge < -0.3 is 14.7 Å². The fraction of sp³-hybridized carbons (Fsp3) is 0.261. The van der Waals surface area contributed by atoms with E-state index >= 15 is 0 Å². The number of allylic oxidation sites excluding steroid dienone is 3. The van der Waals surface area contributed by atoms with E-state index in [4.69, 9.17) is 35.0 Å². The minimum Gasteiger partial charge on any atom is -0.322 e. The highest BCUT2D eigenvalue weighted by Crippen LogP contribution is 2.73. The third-order valence-electron chi connectivity index (χ3n) is 27.0. The van der Waals surface area contributed by atoms with Gasteiger partial charge in [-0.25, -0.2) is 38.2 Å². The topological polar surface area (TPSA) is 268 Å². The minimum absolute atomic E-state index is 0. The molecule has 1 spiro atoms. The molecule has 11 heterocycles. The van der Waals surface area contributed by atoms with Gasteiger partial charge in [0.25, 0.3) is 65.5 Å². The summed E-state index contributed by atoms with van der Waals surface area (Å²) >= 11 is 20.4. The summed E-state index contributed by atoms with van der Waals surface area (Å²) in [5, 5.41) is -3.77. The minimum atomic E-state index is -4.33. The average Bonchev–Trinajstić information content (AvgIpc) is 1.48. The Hall–Kier alpha value is -4.79. The first-order chi connectivity index (χ1) is 71.3. The number of hydrogen-bond donors (Lipinski definition) is 2. The maximum absolute atomic E-state index is 14.8. The van der Waals surface area contributed by atoms with Crippen LogP contribution in [-0.2, 0) is 331 Å². The summed E-state index contributed by atoms with van der Waals surface area (Å²) in [7, 11) is 34.8. The Bertz CT molecular complexity index is 8720. The molecule has 782 valence electrons. The Morgan fingerprint density at radius 3 is 1.07 bits per heavy atom. The highest BCUT2D eigenvalue weighted by molar-refractivity contribution is 8.79. The van der Waals surface area contributed by atoms with Crippen molar-refractivity contribution in [3.05, 3.63) is 305 Å². The van der Waals surface area contributed by atoms with E-state index in [2.05, 4.69) is 49.1 Å². The van der Waals surface area contributed by atoms with Gasteiger partial charge in [0, 0.05) is 281 Å². The summed E-state index contributed by atoms with van der Waals surface area (Å²) in [6.45, 7) is 2.65. The lowest BCUT2D eigenvalue weighted by atomic mass is 9.70. The molecule has 11 aliphatic heterocycles. The number of fused-ring (bicyclic) bond motifs is 18. The summed E-state index contributed by atoms with van der Waals surface area (Å²) < 4.78 is 91.7. The molecule has 9 aromatic carbocycles. The molecule has 0 saturated carbocycles. The lowest BCUT2D eigenvalue weighted by Crippen LogP contribution is -2.72. The Morgan fingerprint density at radius 1 is 0.369 bits per heavy atom. The number of rotatable bonds is 11. The number of thiol groups is 2. The Labute approximate surface area is 964 Å². The van der Waals surface area contributed by atoms with E-state index in [0.717, 1.165) is 73.0 Å². The van der Waals surface area contributed by atoms with Crippen LogP contribution in [0.5, 0.6) is 0 Å². The smallest absolute Gasteiger partial charge is 0.266 e. The maximum Gasteiger partial charge on any atom is 0.266 e. The largest absolute Gasteiger partial charge is 0.322 e. The van der Waals surface area contributed by atoms with Gasteiger partial charge in [0.1, 0.15) is 18.5 Å². The number of anilines is 3. The molecule has 2 bridgehead atoms. The molecule has 23 rings (SSSR count). The highest BCUT2D eigenvalue weighted by Gasteiger charge is 2.80. The molecule has 8 saturated heterocycles. The summed E-state index contributed by atoms with van der Waals surface area (Å²) in [4.78, 5) is 115. The van der Waals surface area contributed by atoms with E-state index < -0.39 is 118 Å². The zero-order chi connectivity index (χ0) is 104. The number of para-hydroxylation sites is 3. The number of thioether (sulfide) groups is 2. The number of hydrogen-bond acceptors (Lipinski definition) is 22. The van der Waals surface area contributed by atoms with Crippen molar-refractivity contribution in [3.8, 4) is 0 Å². The van der Waals surface area contributed by atoms with Crippen LogP contribution in [0.4, 0.5) is 17.1 Å². The van der Waals surface area contributed by atoms with Crippen molar-refractivity contribution in [1.82, 2.24) is 29.4 Å². The molecule has 6 amide bonds. The van der Waals surface area contributed by atoms with Crippen LogP contribution in [0.3, 0.4) is 0 Å². The summed E-state index contributed by atoms with van der Waals surface area (Å²) in [6.07, 6.45) is 5.45. The van der Waals surface area contributed by atoms with Crippen molar-refractivity contribution in [1.29, 1.82) is 0 Å². The molecule has 0 aromatic heterocycles. The van der Waals surface area contributed by atoms with Gasteiger partial charge >= 0.3 is 0 Å². The zero-order valence-electron chi connectivity index (χ0n) is 76.7. The summed E-state index contributed by atoms with van der Waals surface area (Å²) in [6, 6.07) is 70.6. The van der Waals surface area contributed by atoms with Crippen molar-refractivity contribution >= 4 is 407 Å². The van der Waals surface area contributed by atoms with E-state index in [1.54, 1.807) is 239 Å². The van der Waals surface area contributed by atoms with Crippen LogP contribution in [-0.4, -0.2) is 171 Å². The average molecular weight is 2630 g/mol. The molecule has 0 radical (unpaired) electrons. The first-order valence-electron chi connectivity index (χ1n) is 43.8. The van der Waals surface area contributed by atoms with Crippen molar-refractivity contribution in [2.45, 2.75) is 140 Å². The van der Waals surface area contributed by atoms with Gasteiger partial charge in [0.05, 0.1) is 48.0 Å². The van der Waals surface area contributed by atoms with Crippen LogP contribution in [0.1, 0.15) is 90.6 Å². The number of carbonyl (C=O) groups excluding carboxylic acids is 8. The standard InChI is InChI=1S/C33H29N3O6S3.C29H23N3O4S3.C29H25N3O4S3.CH4.S25/c1-20(37)43-29-28(39)35-30-32(25-18-17-22-11-7-8-14-24(22)25,19-33(35,44-21(2)38)31(40)34(29)3)26-15-9-10-16-27(26)36(30)45(41,42)23-12-5-4-6-13-23;1-30-25-24(33)31-26-28(17-29(31,27(30)34)38-37-25,21-16-15-18-9-5-6-12-20(18)21)22-13-7-8-14-23(22)32(26)39(35,36)19-10-3-2-4-11-19;1-30-25(37)24(33)31-26-28(17-29(31,38)27(30)34,21-16-15-18-9-5-6-12-20(18)21)22-13-7-8-14-23(22)32(26)39(35,36)19-10-3-2-4-11-19;;1-3-5-7-9-11-13-15-17-19-21-23-25-24-22-20-18-16-14-12-10-8-6-4-2/h4-16,18,29-30H,17,19H2,1-3H3;2-14,16,25-26H,15,17H2,1H3;2-14,16,25-26,37-38H,15,17H2,1H3;1H4;/t29-,30-,32-,33-;2*25-,26-,28-,29-;;/m000../s1. The number of piperazine rings is 3. The predicted octanol–water partition coefficient (Wildman–Crippen LogP) is 12.9. The van der Waals surface area contributed by atoms with Gasteiger partial charge in [-0.3, -0.25) is 53.1 Å². The zero-order valence-corrected chi connectivity index (χ0v) is 105. The van der Waals surface area contributed by atoms with Crippen LogP contribution in [0.2, 0.25) is 0 Å². The third kappa shape index (κ3) is 20.1. The van der Waals surface area contributed by atoms with Crippen molar-refractivity contribution in [2.24, 2.45) is 0 Å². The molecule has 8 fully saturated rings. The number of sulfonamides is 3. The third-order valence-corrected chi connectivity index (χ3v) is 87.9. The lowest BCUT2D eigenvalue weighted by Gasteiger charge is -2.53. The van der Waals surface area contributed by atoms with Crippen LogP contribution in [0.15, 0.2) is 270 Å². The Balaban J connectivity index is 0.000000132. The van der Waals surface area contributed by atoms with E-state index in [1.165, 1.54) is 117 Å².